The Morgan fingerprint density at radius 3 is 2.93 bits per heavy atom. The Morgan fingerprint density at radius 1 is 1.73 bits per heavy atom. The molecule has 5 nitrogen and oxygen atoms in total. The molecule has 1 N–H and O–H groups in total. The first-order chi connectivity index (χ1) is 7.13. The van der Waals surface area contributed by atoms with E-state index in [2.05, 4.69) is 5.16 Å². The zero-order valence-corrected chi connectivity index (χ0v) is 9.01. The number of carboxylic acid groups (broad SMARTS) is 1. The lowest BCUT2D eigenvalue weighted by Gasteiger charge is -2.25. The second-order valence-corrected chi connectivity index (χ2v) is 3.49. The molecule has 0 bridgehead atoms. The molecule has 0 saturated carbocycles. The van der Waals surface area contributed by atoms with Crippen molar-refractivity contribution in [3.05, 3.63) is 18.0 Å². The highest BCUT2D eigenvalue weighted by molar-refractivity contribution is 5.67. The van der Waals surface area contributed by atoms with Crippen LogP contribution in [0.4, 0.5) is 0 Å². The van der Waals surface area contributed by atoms with Gasteiger partial charge < -0.3 is 9.63 Å². The summed E-state index contributed by atoms with van der Waals surface area (Å²) < 4.78 is 4.98. The van der Waals surface area contributed by atoms with E-state index in [-0.39, 0.29) is 12.5 Å². The van der Waals surface area contributed by atoms with Crippen LogP contribution in [0.2, 0.25) is 0 Å². The Labute approximate surface area is 88.7 Å². The van der Waals surface area contributed by atoms with Gasteiger partial charge in [0, 0.05) is 12.1 Å². The van der Waals surface area contributed by atoms with Gasteiger partial charge in [-0.1, -0.05) is 12.1 Å². The first-order valence-electron chi connectivity index (χ1n) is 4.99. The maximum Gasteiger partial charge on any atom is 0.304 e. The van der Waals surface area contributed by atoms with Crippen molar-refractivity contribution in [2.75, 3.05) is 6.54 Å². The molecular weight excluding hydrogens is 196 g/mol. The first kappa shape index (κ1) is 11.7. The van der Waals surface area contributed by atoms with Gasteiger partial charge >= 0.3 is 5.97 Å². The van der Waals surface area contributed by atoms with Crippen molar-refractivity contribution < 1.29 is 14.4 Å². The minimum Gasteiger partial charge on any atom is -0.481 e. The molecule has 0 aliphatic carbocycles. The summed E-state index contributed by atoms with van der Waals surface area (Å²) in [5.74, 6) is -0.0207. The number of nitrogens with zero attached hydrogens (tertiary/aromatic N) is 2. The van der Waals surface area contributed by atoms with Crippen LogP contribution >= 0.6 is 0 Å². The van der Waals surface area contributed by atoms with E-state index in [1.807, 2.05) is 18.7 Å². The van der Waals surface area contributed by atoms with E-state index in [9.17, 15) is 4.79 Å². The van der Waals surface area contributed by atoms with Gasteiger partial charge in [-0.05, 0) is 13.5 Å². The molecule has 0 aliphatic heterocycles. The fraction of sp³-hybridized carbons (Fsp3) is 0.600. The van der Waals surface area contributed by atoms with E-state index in [1.54, 1.807) is 12.3 Å². The molecule has 15 heavy (non-hydrogen) atoms. The maximum atomic E-state index is 10.6. The highest BCUT2D eigenvalue weighted by Gasteiger charge is 2.16. The Hall–Kier alpha value is -1.36. The molecule has 0 radical (unpaired) electrons. The lowest BCUT2D eigenvalue weighted by atomic mass is 10.2. The van der Waals surface area contributed by atoms with E-state index < -0.39 is 5.97 Å². The summed E-state index contributed by atoms with van der Waals surface area (Å²) in [4.78, 5) is 12.6. The van der Waals surface area contributed by atoms with Gasteiger partial charge in [0.25, 0.3) is 0 Å². The van der Waals surface area contributed by atoms with Crippen molar-refractivity contribution in [1.29, 1.82) is 0 Å². The third kappa shape index (κ3) is 3.71. The fourth-order valence-electron chi connectivity index (χ4n) is 1.48. The summed E-state index contributed by atoms with van der Waals surface area (Å²) in [5.41, 5.74) is 0. The second-order valence-electron chi connectivity index (χ2n) is 3.49. The van der Waals surface area contributed by atoms with Crippen LogP contribution in [0.15, 0.2) is 16.8 Å². The summed E-state index contributed by atoms with van der Waals surface area (Å²) in [7, 11) is 0. The Bertz CT molecular complexity index is 298. The lowest BCUT2D eigenvalue weighted by molar-refractivity contribution is -0.138. The van der Waals surface area contributed by atoms with Crippen molar-refractivity contribution in [1.82, 2.24) is 10.1 Å². The molecule has 5 heteroatoms. The van der Waals surface area contributed by atoms with Crippen LogP contribution in [0, 0.1) is 0 Å². The topological polar surface area (TPSA) is 66.6 Å². The number of carbonyl (C=O) groups is 1. The zero-order valence-electron chi connectivity index (χ0n) is 9.01. The molecule has 84 valence electrons. The summed E-state index contributed by atoms with van der Waals surface area (Å²) in [6, 6.07) is 1.79. The van der Waals surface area contributed by atoms with Crippen molar-refractivity contribution in [3.63, 3.8) is 0 Å². The van der Waals surface area contributed by atoms with Gasteiger partial charge in [-0.3, -0.25) is 9.69 Å². The predicted molar refractivity (Wildman–Crippen MR) is 54.3 cm³/mol. The van der Waals surface area contributed by atoms with Crippen LogP contribution in [-0.4, -0.2) is 33.7 Å². The van der Waals surface area contributed by atoms with E-state index in [0.29, 0.717) is 6.54 Å². The summed E-state index contributed by atoms with van der Waals surface area (Å²) in [6.45, 7) is 5.28. The van der Waals surface area contributed by atoms with Crippen LogP contribution in [0.3, 0.4) is 0 Å². The van der Waals surface area contributed by atoms with E-state index in [4.69, 9.17) is 9.63 Å². The van der Waals surface area contributed by atoms with Crippen LogP contribution in [0.25, 0.3) is 0 Å². The highest BCUT2D eigenvalue weighted by atomic mass is 16.5. The summed E-state index contributed by atoms with van der Waals surface area (Å²) in [6.07, 6.45) is 1.73. The number of hydrogen-bond donors (Lipinski definition) is 1. The Kier molecular flexibility index (Phi) is 4.30. The van der Waals surface area contributed by atoms with Crippen LogP contribution in [0.1, 0.15) is 26.0 Å². The van der Waals surface area contributed by atoms with Crippen LogP contribution in [0.5, 0.6) is 0 Å². The average molecular weight is 212 g/mol. The van der Waals surface area contributed by atoms with E-state index >= 15 is 0 Å². The van der Waals surface area contributed by atoms with Gasteiger partial charge in [0.1, 0.15) is 0 Å². The maximum absolute atomic E-state index is 10.6. The molecule has 0 saturated heterocycles. The van der Waals surface area contributed by atoms with Gasteiger partial charge in [-0.15, -0.1) is 0 Å². The molecule has 1 heterocycles. The molecule has 1 atom stereocenters. The van der Waals surface area contributed by atoms with Crippen molar-refractivity contribution >= 4 is 5.97 Å². The Morgan fingerprint density at radius 2 is 2.47 bits per heavy atom. The third-order valence-electron chi connectivity index (χ3n) is 2.35. The molecule has 1 rings (SSSR count). The second kappa shape index (κ2) is 5.50. The number of aliphatic carboxylic acids is 1. The van der Waals surface area contributed by atoms with Crippen LogP contribution < -0.4 is 0 Å². The van der Waals surface area contributed by atoms with Crippen LogP contribution in [-0.2, 0) is 11.3 Å². The minimum absolute atomic E-state index is 0.00222. The summed E-state index contributed by atoms with van der Waals surface area (Å²) in [5, 5.41) is 12.3. The molecule has 1 aromatic rings. The minimum atomic E-state index is -0.779. The average Bonchev–Trinajstić information content (AvgIpc) is 2.65. The number of hydrogen-bond acceptors (Lipinski definition) is 4. The van der Waals surface area contributed by atoms with Gasteiger partial charge in [0.2, 0.25) is 0 Å². The van der Waals surface area contributed by atoms with Gasteiger partial charge in [0.05, 0.1) is 19.2 Å². The molecule has 1 aromatic heterocycles. The van der Waals surface area contributed by atoms with Crippen molar-refractivity contribution in [2.24, 2.45) is 0 Å². The Balaban J connectivity index is 2.51. The van der Waals surface area contributed by atoms with Gasteiger partial charge in [-0.2, -0.15) is 0 Å². The zero-order chi connectivity index (χ0) is 11.3. The molecule has 0 spiro atoms. The smallest absolute Gasteiger partial charge is 0.304 e. The molecule has 1 unspecified atom stereocenters. The molecule has 0 fully saturated rings. The van der Waals surface area contributed by atoms with E-state index in [1.165, 1.54) is 0 Å². The van der Waals surface area contributed by atoms with Gasteiger partial charge in [-0.25, -0.2) is 0 Å². The largest absolute Gasteiger partial charge is 0.481 e. The quantitative estimate of drug-likeness (QED) is 0.771. The SMILES string of the molecule is CCN(Cc1ccno1)C(C)CC(=O)O. The molecular formula is C10H16N2O3. The summed E-state index contributed by atoms with van der Waals surface area (Å²) >= 11 is 0. The van der Waals surface area contributed by atoms with Crippen molar-refractivity contribution in [2.45, 2.75) is 32.9 Å². The number of aromatic nitrogens is 1. The predicted octanol–water partition coefficient (Wildman–Crippen LogP) is 1.36. The molecule has 0 amide bonds. The standard InChI is InChI=1S/C10H16N2O3/c1-3-12(8(2)6-10(13)14)7-9-4-5-11-15-9/h4-5,8H,3,6-7H2,1-2H3,(H,13,14). The highest BCUT2D eigenvalue weighted by Crippen LogP contribution is 2.09. The monoisotopic (exact) mass is 212 g/mol. The number of carboxylic acids is 1. The normalized spacial score (nSPS) is 13.0. The molecule has 0 aromatic carbocycles. The van der Waals surface area contributed by atoms with E-state index in [0.717, 1.165) is 12.3 Å². The van der Waals surface area contributed by atoms with Gasteiger partial charge in [0.15, 0.2) is 5.76 Å². The third-order valence-corrected chi connectivity index (χ3v) is 2.35. The number of rotatable bonds is 6. The fourth-order valence-corrected chi connectivity index (χ4v) is 1.48. The molecule has 0 aliphatic rings. The first-order valence-corrected chi connectivity index (χ1v) is 4.99. The van der Waals surface area contributed by atoms with Crippen molar-refractivity contribution in [3.8, 4) is 0 Å². The lowest BCUT2D eigenvalue weighted by Crippen LogP contribution is -2.33.